The van der Waals surface area contributed by atoms with Crippen LogP contribution in [-0.2, 0) is 19.6 Å². The SMILES string of the molecule is CC[C@@H]1CN(C(=O)[C@@H]2CCCN2S(C)(=O)=O)CCO1. The fourth-order valence-electron chi connectivity index (χ4n) is 2.76. The van der Waals surface area contributed by atoms with Crippen molar-refractivity contribution in [1.29, 1.82) is 0 Å². The molecule has 110 valence electrons. The molecular formula is C12H22N2O4S. The Hall–Kier alpha value is -0.660. The predicted molar refractivity (Wildman–Crippen MR) is 71.2 cm³/mol. The van der Waals surface area contributed by atoms with Crippen LogP contribution in [0.5, 0.6) is 0 Å². The second kappa shape index (κ2) is 5.76. The van der Waals surface area contributed by atoms with Crippen molar-refractivity contribution >= 4 is 15.9 Å². The van der Waals surface area contributed by atoms with Gasteiger partial charge in [-0.1, -0.05) is 6.92 Å². The van der Waals surface area contributed by atoms with Crippen LogP contribution in [0.25, 0.3) is 0 Å². The molecule has 0 aromatic rings. The average molecular weight is 290 g/mol. The first kappa shape index (κ1) is 14.7. The summed E-state index contributed by atoms with van der Waals surface area (Å²) in [5, 5.41) is 0. The molecule has 2 fully saturated rings. The zero-order valence-corrected chi connectivity index (χ0v) is 12.4. The van der Waals surface area contributed by atoms with E-state index in [0.717, 1.165) is 12.8 Å². The Morgan fingerprint density at radius 2 is 2.11 bits per heavy atom. The van der Waals surface area contributed by atoms with Gasteiger partial charge in [0.1, 0.15) is 6.04 Å². The summed E-state index contributed by atoms with van der Waals surface area (Å²) in [4.78, 5) is 14.2. The number of amides is 1. The Labute approximate surface area is 114 Å². The largest absolute Gasteiger partial charge is 0.375 e. The summed E-state index contributed by atoms with van der Waals surface area (Å²) in [6, 6.07) is -0.509. The Bertz CT molecular complexity index is 437. The maximum absolute atomic E-state index is 12.5. The highest BCUT2D eigenvalue weighted by atomic mass is 32.2. The van der Waals surface area contributed by atoms with E-state index in [4.69, 9.17) is 4.74 Å². The second-order valence-electron chi connectivity index (χ2n) is 5.22. The number of ether oxygens (including phenoxy) is 1. The van der Waals surface area contributed by atoms with E-state index in [9.17, 15) is 13.2 Å². The maximum atomic E-state index is 12.5. The standard InChI is InChI=1S/C12H22N2O4S/c1-3-10-9-13(7-8-18-10)12(15)11-5-4-6-14(11)19(2,16)17/h10-11H,3-9H2,1-2H3/t10-,11+/m1/s1. The molecule has 2 atom stereocenters. The fourth-order valence-corrected chi connectivity index (χ4v) is 3.88. The van der Waals surface area contributed by atoms with Crippen LogP contribution >= 0.6 is 0 Å². The first-order valence-electron chi connectivity index (χ1n) is 6.80. The lowest BCUT2D eigenvalue weighted by Gasteiger charge is -2.35. The molecule has 2 saturated heterocycles. The highest BCUT2D eigenvalue weighted by Gasteiger charge is 2.39. The molecule has 7 heteroatoms. The molecule has 2 rings (SSSR count). The molecule has 2 heterocycles. The molecule has 0 saturated carbocycles. The van der Waals surface area contributed by atoms with Gasteiger partial charge >= 0.3 is 0 Å². The van der Waals surface area contributed by atoms with Gasteiger partial charge in [0.05, 0.1) is 19.0 Å². The molecule has 2 aliphatic rings. The van der Waals surface area contributed by atoms with Crippen LogP contribution in [0.3, 0.4) is 0 Å². The van der Waals surface area contributed by atoms with E-state index in [1.54, 1.807) is 4.90 Å². The van der Waals surface area contributed by atoms with Crippen molar-refractivity contribution in [1.82, 2.24) is 9.21 Å². The van der Waals surface area contributed by atoms with Gasteiger partial charge in [0.25, 0.3) is 0 Å². The van der Waals surface area contributed by atoms with Crippen LogP contribution in [0.15, 0.2) is 0 Å². The zero-order chi connectivity index (χ0) is 14.0. The summed E-state index contributed by atoms with van der Waals surface area (Å²) >= 11 is 0. The molecule has 19 heavy (non-hydrogen) atoms. The number of carbonyl (C=O) groups excluding carboxylic acids is 1. The Morgan fingerprint density at radius 3 is 2.74 bits per heavy atom. The smallest absolute Gasteiger partial charge is 0.241 e. The molecule has 0 N–H and O–H groups in total. The number of carbonyl (C=O) groups is 1. The highest BCUT2D eigenvalue weighted by Crippen LogP contribution is 2.23. The topological polar surface area (TPSA) is 66.9 Å². The molecular weight excluding hydrogens is 268 g/mol. The minimum Gasteiger partial charge on any atom is -0.375 e. The molecule has 0 aromatic heterocycles. The van der Waals surface area contributed by atoms with Gasteiger partial charge in [-0.25, -0.2) is 8.42 Å². The lowest BCUT2D eigenvalue weighted by atomic mass is 10.1. The lowest BCUT2D eigenvalue weighted by Crippen LogP contribution is -2.52. The van der Waals surface area contributed by atoms with Gasteiger partial charge < -0.3 is 9.64 Å². The van der Waals surface area contributed by atoms with E-state index in [-0.39, 0.29) is 12.0 Å². The second-order valence-corrected chi connectivity index (χ2v) is 7.15. The van der Waals surface area contributed by atoms with Crippen molar-refractivity contribution in [2.24, 2.45) is 0 Å². The van der Waals surface area contributed by atoms with E-state index in [0.29, 0.717) is 32.7 Å². The summed E-state index contributed by atoms with van der Waals surface area (Å²) in [7, 11) is -3.30. The summed E-state index contributed by atoms with van der Waals surface area (Å²) in [6.45, 7) is 4.15. The zero-order valence-electron chi connectivity index (χ0n) is 11.5. The van der Waals surface area contributed by atoms with Crippen molar-refractivity contribution in [2.45, 2.75) is 38.3 Å². The van der Waals surface area contributed by atoms with Gasteiger partial charge in [-0.2, -0.15) is 4.31 Å². The van der Waals surface area contributed by atoms with Crippen LogP contribution in [0, 0.1) is 0 Å². The number of rotatable bonds is 3. The Morgan fingerprint density at radius 1 is 1.37 bits per heavy atom. The highest BCUT2D eigenvalue weighted by molar-refractivity contribution is 7.88. The van der Waals surface area contributed by atoms with E-state index in [1.165, 1.54) is 10.6 Å². The monoisotopic (exact) mass is 290 g/mol. The number of morpholine rings is 1. The van der Waals surface area contributed by atoms with E-state index >= 15 is 0 Å². The van der Waals surface area contributed by atoms with Crippen molar-refractivity contribution in [3.63, 3.8) is 0 Å². The van der Waals surface area contributed by atoms with Crippen molar-refractivity contribution in [3.8, 4) is 0 Å². The van der Waals surface area contributed by atoms with Gasteiger partial charge in [0, 0.05) is 19.6 Å². The van der Waals surface area contributed by atoms with Crippen LogP contribution in [-0.4, -0.2) is 68.2 Å². The van der Waals surface area contributed by atoms with Gasteiger partial charge in [-0.3, -0.25) is 4.79 Å². The summed E-state index contributed by atoms with van der Waals surface area (Å²) in [5.74, 6) is -0.0651. The quantitative estimate of drug-likeness (QED) is 0.736. The third-order valence-corrected chi connectivity index (χ3v) is 5.11. The predicted octanol–water partition coefficient (Wildman–Crippen LogP) is 0.0478. The minimum atomic E-state index is -3.30. The maximum Gasteiger partial charge on any atom is 0.241 e. The summed E-state index contributed by atoms with van der Waals surface area (Å²) in [5.41, 5.74) is 0. The number of hydrogen-bond acceptors (Lipinski definition) is 4. The lowest BCUT2D eigenvalue weighted by molar-refractivity contribution is -0.142. The molecule has 0 bridgehead atoms. The molecule has 0 aliphatic carbocycles. The molecule has 0 spiro atoms. The molecule has 1 amide bonds. The number of sulfonamides is 1. The molecule has 2 aliphatic heterocycles. The van der Waals surface area contributed by atoms with E-state index in [1.807, 2.05) is 6.92 Å². The Balaban J connectivity index is 2.06. The number of hydrogen-bond donors (Lipinski definition) is 0. The average Bonchev–Trinajstić information content (AvgIpc) is 2.87. The first-order chi connectivity index (χ1) is 8.93. The minimum absolute atomic E-state index is 0.0651. The third kappa shape index (κ3) is 3.27. The normalized spacial score (nSPS) is 29.7. The molecule has 0 aromatic carbocycles. The summed E-state index contributed by atoms with van der Waals surface area (Å²) in [6.07, 6.45) is 3.49. The Kier molecular flexibility index (Phi) is 4.47. The first-order valence-corrected chi connectivity index (χ1v) is 8.65. The fraction of sp³-hybridized carbons (Fsp3) is 0.917. The molecule has 6 nitrogen and oxygen atoms in total. The van der Waals surface area contributed by atoms with E-state index in [2.05, 4.69) is 0 Å². The van der Waals surface area contributed by atoms with Gasteiger partial charge in [-0.05, 0) is 19.3 Å². The van der Waals surface area contributed by atoms with Gasteiger partial charge in [0.2, 0.25) is 15.9 Å². The van der Waals surface area contributed by atoms with Crippen LogP contribution in [0.4, 0.5) is 0 Å². The van der Waals surface area contributed by atoms with Gasteiger partial charge in [-0.15, -0.1) is 0 Å². The molecule has 0 radical (unpaired) electrons. The van der Waals surface area contributed by atoms with Gasteiger partial charge in [0.15, 0.2) is 0 Å². The van der Waals surface area contributed by atoms with Crippen LogP contribution in [0.1, 0.15) is 26.2 Å². The third-order valence-electron chi connectivity index (χ3n) is 3.82. The van der Waals surface area contributed by atoms with Crippen molar-refractivity contribution in [3.05, 3.63) is 0 Å². The summed E-state index contributed by atoms with van der Waals surface area (Å²) < 4.78 is 30.2. The van der Waals surface area contributed by atoms with Crippen LogP contribution < -0.4 is 0 Å². The van der Waals surface area contributed by atoms with Crippen molar-refractivity contribution < 1.29 is 17.9 Å². The van der Waals surface area contributed by atoms with Crippen LogP contribution in [0.2, 0.25) is 0 Å². The van der Waals surface area contributed by atoms with Crippen molar-refractivity contribution in [2.75, 3.05) is 32.5 Å². The number of nitrogens with zero attached hydrogens (tertiary/aromatic N) is 2. The molecule has 0 unspecified atom stereocenters. The van der Waals surface area contributed by atoms with E-state index < -0.39 is 16.1 Å².